The molecule has 0 fully saturated rings. The summed E-state index contributed by atoms with van der Waals surface area (Å²) in [5, 5.41) is 20.5. The van der Waals surface area contributed by atoms with Gasteiger partial charge in [0.05, 0.1) is 12.6 Å². The Morgan fingerprint density at radius 2 is 2.06 bits per heavy atom. The monoisotopic (exact) mass is 279 g/mol. The first-order chi connectivity index (χ1) is 8.63. The van der Waals surface area contributed by atoms with E-state index >= 15 is 0 Å². The lowest BCUT2D eigenvalue weighted by atomic mass is 10.2. The van der Waals surface area contributed by atoms with Gasteiger partial charge in [-0.2, -0.15) is 0 Å². The van der Waals surface area contributed by atoms with Crippen LogP contribution in [0.25, 0.3) is 0 Å². The Hall–Kier alpha value is -1.30. The highest BCUT2D eigenvalue weighted by Crippen LogP contribution is 2.39. The molecule has 1 heterocycles. The standard InChI is InChI=1S/C13H12O3S2/c1-8-11(13(15)16)12(10(7-14)17-8)18-9-5-3-2-4-6-9/h2-6,14H,7H2,1H3,(H,15,16)/p-1. The van der Waals surface area contributed by atoms with E-state index in [1.54, 1.807) is 6.92 Å². The molecule has 0 unspecified atom stereocenters. The molecule has 18 heavy (non-hydrogen) atoms. The van der Waals surface area contributed by atoms with E-state index in [-0.39, 0.29) is 12.2 Å². The summed E-state index contributed by atoms with van der Waals surface area (Å²) in [6.07, 6.45) is 0. The number of aliphatic hydroxyl groups is 1. The molecule has 3 nitrogen and oxygen atoms in total. The van der Waals surface area contributed by atoms with Crippen molar-refractivity contribution in [1.29, 1.82) is 0 Å². The fourth-order valence-electron chi connectivity index (χ4n) is 1.64. The summed E-state index contributed by atoms with van der Waals surface area (Å²) in [5.74, 6) is -1.19. The molecule has 5 heteroatoms. The third kappa shape index (κ3) is 2.58. The van der Waals surface area contributed by atoms with Gasteiger partial charge in [-0.1, -0.05) is 30.0 Å². The molecule has 0 spiro atoms. The minimum atomic E-state index is -1.19. The van der Waals surface area contributed by atoms with Crippen molar-refractivity contribution in [3.8, 4) is 0 Å². The SMILES string of the molecule is Cc1sc(CO)c(Sc2ccccc2)c1C(=O)[O-]. The molecular formula is C13H11O3S2-. The number of carboxylic acids is 1. The maximum absolute atomic E-state index is 11.2. The summed E-state index contributed by atoms with van der Waals surface area (Å²) in [6, 6.07) is 9.48. The Kier molecular flexibility index (Phi) is 4.06. The number of hydrogen-bond donors (Lipinski definition) is 1. The zero-order valence-corrected chi connectivity index (χ0v) is 11.3. The van der Waals surface area contributed by atoms with Crippen LogP contribution in [-0.4, -0.2) is 11.1 Å². The molecule has 0 aliphatic rings. The molecule has 0 saturated carbocycles. The smallest absolute Gasteiger partial charge is 0.0786 e. The van der Waals surface area contributed by atoms with Crippen molar-refractivity contribution in [2.45, 2.75) is 23.3 Å². The van der Waals surface area contributed by atoms with Crippen molar-refractivity contribution in [1.82, 2.24) is 0 Å². The van der Waals surface area contributed by atoms with Crippen LogP contribution in [0.5, 0.6) is 0 Å². The largest absolute Gasteiger partial charge is 0.545 e. The Labute approximate surface area is 113 Å². The number of carboxylic acid groups (broad SMARTS) is 1. The molecule has 0 radical (unpaired) electrons. The molecule has 0 aliphatic heterocycles. The molecule has 0 saturated heterocycles. The number of thiophene rings is 1. The minimum absolute atomic E-state index is 0.159. The Morgan fingerprint density at radius 3 is 2.61 bits per heavy atom. The summed E-state index contributed by atoms with van der Waals surface area (Å²) in [4.78, 5) is 14.0. The third-order valence-electron chi connectivity index (χ3n) is 2.42. The van der Waals surface area contributed by atoms with Crippen LogP contribution in [-0.2, 0) is 6.61 Å². The predicted molar refractivity (Wildman–Crippen MR) is 69.9 cm³/mol. The number of aliphatic hydroxyl groups excluding tert-OH is 1. The van der Waals surface area contributed by atoms with E-state index in [1.165, 1.54) is 23.1 Å². The van der Waals surface area contributed by atoms with Gasteiger partial charge in [0.1, 0.15) is 0 Å². The summed E-state index contributed by atoms with van der Waals surface area (Å²) >= 11 is 2.64. The predicted octanol–water partition coefficient (Wildman–Crippen LogP) is 2.06. The summed E-state index contributed by atoms with van der Waals surface area (Å²) in [6.45, 7) is 1.57. The van der Waals surface area contributed by atoms with Crippen molar-refractivity contribution in [3.05, 3.63) is 45.6 Å². The lowest BCUT2D eigenvalue weighted by Gasteiger charge is -2.07. The highest BCUT2D eigenvalue weighted by atomic mass is 32.2. The van der Waals surface area contributed by atoms with Gasteiger partial charge in [0.25, 0.3) is 0 Å². The first-order valence-corrected chi connectivity index (χ1v) is 6.94. The Bertz CT molecular complexity index is 561. The zero-order valence-electron chi connectivity index (χ0n) is 9.67. The summed E-state index contributed by atoms with van der Waals surface area (Å²) in [7, 11) is 0. The molecule has 1 aromatic carbocycles. The maximum Gasteiger partial charge on any atom is 0.0786 e. The Morgan fingerprint density at radius 1 is 1.39 bits per heavy atom. The van der Waals surface area contributed by atoms with Gasteiger partial charge in [-0.25, -0.2) is 0 Å². The van der Waals surface area contributed by atoms with E-state index in [4.69, 9.17) is 0 Å². The highest BCUT2D eigenvalue weighted by molar-refractivity contribution is 7.99. The van der Waals surface area contributed by atoms with Crippen molar-refractivity contribution in [3.63, 3.8) is 0 Å². The number of benzene rings is 1. The summed E-state index contributed by atoms with van der Waals surface area (Å²) < 4.78 is 0. The third-order valence-corrected chi connectivity index (χ3v) is 4.80. The van der Waals surface area contributed by atoms with Gasteiger partial charge >= 0.3 is 0 Å². The van der Waals surface area contributed by atoms with Gasteiger partial charge < -0.3 is 15.0 Å². The van der Waals surface area contributed by atoms with Crippen molar-refractivity contribution in [2.24, 2.45) is 0 Å². The second kappa shape index (κ2) is 5.56. The van der Waals surface area contributed by atoms with Gasteiger partial charge in [0.15, 0.2) is 0 Å². The second-order valence-electron chi connectivity index (χ2n) is 3.65. The van der Waals surface area contributed by atoms with Crippen LogP contribution in [0.4, 0.5) is 0 Å². The average molecular weight is 279 g/mol. The number of carbonyl (C=O) groups is 1. The molecule has 2 rings (SSSR count). The van der Waals surface area contributed by atoms with Crippen LogP contribution in [0.2, 0.25) is 0 Å². The number of hydrogen-bond acceptors (Lipinski definition) is 5. The molecule has 0 aliphatic carbocycles. The van der Waals surface area contributed by atoms with Gasteiger partial charge in [0, 0.05) is 25.1 Å². The lowest BCUT2D eigenvalue weighted by molar-refractivity contribution is -0.255. The topological polar surface area (TPSA) is 60.4 Å². The van der Waals surface area contributed by atoms with E-state index in [2.05, 4.69) is 0 Å². The normalized spacial score (nSPS) is 10.6. The van der Waals surface area contributed by atoms with Crippen LogP contribution in [0.15, 0.2) is 40.1 Å². The van der Waals surface area contributed by atoms with E-state index in [9.17, 15) is 15.0 Å². The maximum atomic E-state index is 11.2. The molecule has 1 N–H and O–H groups in total. The fraction of sp³-hybridized carbons (Fsp3) is 0.154. The van der Waals surface area contributed by atoms with Gasteiger partial charge in [-0.15, -0.1) is 11.3 Å². The van der Waals surface area contributed by atoms with E-state index in [1.807, 2.05) is 30.3 Å². The minimum Gasteiger partial charge on any atom is -0.545 e. The molecule has 0 atom stereocenters. The molecule has 2 aromatic rings. The highest BCUT2D eigenvalue weighted by Gasteiger charge is 2.17. The van der Waals surface area contributed by atoms with E-state index in [0.717, 1.165) is 4.90 Å². The van der Waals surface area contributed by atoms with Crippen LogP contribution >= 0.6 is 23.1 Å². The molecule has 94 valence electrons. The van der Waals surface area contributed by atoms with Crippen molar-refractivity contribution < 1.29 is 15.0 Å². The van der Waals surface area contributed by atoms with Crippen LogP contribution in [0.3, 0.4) is 0 Å². The molecular weight excluding hydrogens is 268 g/mol. The van der Waals surface area contributed by atoms with E-state index < -0.39 is 5.97 Å². The quantitative estimate of drug-likeness (QED) is 0.930. The van der Waals surface area contributed by atoms with Crippen molar-refractivity contribution in [2.75, 3.05) is 0 Å². The summed E-state index contributed by atoms with van der Waals surface area (Å²) in [5.41, 5.74) is 0.193. The molecule has 0 amide bonds. The molecule has 0 bridgehead atoms. The zero-order chi connectivity index (χ0) is 13.1. The number of aryl methyl sites for hydroxylation is 1. The number of rotatable bonds is 4. The number of aromatic carboxylic acids is 1. The van der Waals surface area contributed by atoms with Gasteiger partial charge in [0.2, 0.25) is 0 Å². The lowest BCUT2D eigenvalue weighted by Crippen LogP contribution is -2.23. The fourth-order valence-corrected chi connectivity index (χ4v) is 3.91. The Balaban J connectivity index is 2.45. The van der Waals surface area contributed by atoms with Crippen molar-refractivity contribution >= 4 is 29.1 Å². The first kappa shape index (κ1) is 13.1. The average Bonchev–Trinajstić information content (AvgIpc) is 2.67. The van der Waals surface area contributed by atoms with Crippen LogP contribution in [0, 0.1) is 6.92 Å². The van der Waals surface area contributed by atoms with E-state index in [0.29, 0.717) is 14.6 Å². The number of carbonyl (C=O) groups excluding carboxylic acids is 1. The second-order valence-corrected chi connectivity index (χ2v) is 6.04. The van der Waals surface area contributed by atoms with Gasteiger partial charge in [-0.05, 0) is 19.1 Å². The van der Waals surface area contributed by atoms with Crippen LogP contribution in [0.1, 0.15) is 20.1 Å². The van der Waals surface area contributed by atoms with Gasteiger partial charge in [-0.3, -0.25) is 0 Å². The van der Waals surface area contributed by atoms with Crippen LogP contribution < -0.4 is 5.11 Å². The molecule has 1 aromatic heterocycles. The first-order valence-electron chi connectivity index (χ1n) is 5.31.